The maximum atomic E-state index is 12.7. The molecule has 0 fully saturated rings. The topological polar surface area (TPSA) is 50.4 Å². The number of hydrogen-bond acceptors (Lipinski definition) is 3. The maximum Gasteiger partial charge on any atom is 0.416 e. The summed E-state index contributed by atoms with van der Waals surface area (Å²) in [6.07, 6.45) is -4.42. The van der Waals surface area contributed by atoms with Crippen LogP contribution in [0.3, 0.4) is 0 Å². The molecule has 0 aromatic heterocycles. The highest BCUT2D eigenvalue weighted by atomic mass is 19.4. The highest BCUT2D eigenvalue weighted by Crippen LogP contribution is 2.30. The fourth-order valence-corrected chi connectivity index (χ4v) is 2.09. The molecule has 0 unspecified atom stereocenters. The molecule has 2 N–H and O–H groups in total. The summed E-state index contributed by atoms with van der Waals surface area (Å²) in [5.41, 5.74) is 0.0463. The SMILES string of the molecule is CC(C)COc1ccc(NC(=O)CNc2cccc(C(F)(F)F)c2)cc1. The minimum absolute atomic E-state index is 0.146. The molecule has 7 heteroatoms. The monoisotopic (exact) mass is 366 g/mol. The van der Waals surface area contributed by atoms with E-state index in [0.717, 1.165) is 12.1 Å². The van der Waals surface area contributed by atoms with Crippen LogP contribution in [-0.2, 0) is 11.0 Å². The standard InChI is InChI=1S/C19H21F3N2O2/c1-13(2)12-26-17-8-6-15(7-9-17)24-18(25)11-23-16-5-3-4-14(10-16)19(20,21)22/h3-10,13,23H,11-12H2,1-2H3,(H,24,25). The first-order valence-corrected chi connectivity index (χ1v) is 8.18. The van der Waals surface area contributed by atoms with Crippen LogP contribution < -0.4 is 15.4 Å². The van der Waals surface area contributed by atoms with E-state index in [0.29, 0.717) is 24.0 Å². The first kappa shape index (κ1) is 19.6. The van der Waals surface area contributed by atoms with E-state index in [1.54, 1.807) is 24.3 Å². The summed E-state index contributed by atoms with van der Waals surface area (Å²) in [5, 5.41) is 5.35. The average Bonchev–Trinajstić information content (AvgIpc) is 2.59. The van der Waals surface area contributed by atoms with Crippen molar-refractivity contribution < 1.29 is 22.7 Å². The Hall–Kier alpha value is -2.70. The van der Waals surface area contributed by atoms with E-state index in [1.807, 2.05) is 13.8 Å². The molecule has 0 heterocycles. The zero-order valence-electron chi connectivity index (χ0n) is 14.6. The number of carbonyl (C=O) groups is 1. The molecule has 1 amide bonds. The summed E-state index contributed by atoms with van der Waals surface area (Å²) in [7, 11) is 0. The van der Waals surface area contributed by atoms with Crippen molar-refractivity contribution in [2.45, 2.75) is 20.0 Å². The minimum Gasteiger partial charge on any atom is -0.493 e. The molecule has 4 nitrogen and oxygen atoms in total. The van der Waals surface area contributed by atoms with Gasteiger partial charge in [-0.1, -0.05) is 19.9 Å². The number of rotatable bonds is 7. The molecule has 26 heavy (non-hydrogen) atoms. The van der Waals surface area contributed by atoms with Crippen LogP contribution in [0.5, 0.6) is 5.75 Å². The molecule has 2 aromatic rings. The third-order valence-corrected chi connectivity index (χ3v) is 3.36. The van der Waals surface area contributed by atoms with Gasteiger partial charge in [0.25, 0.3) is 0 Å². The van der Waals surface area contributed by atoms with E-state index in [2.05, 4.69) is 10.6 Å². The van der Waals surface area contributed by atoms with Crippen LogP contribution in [0.1, 0.15) is 19.4 Å². The van der Waals surface area contributed by atoms with Gasteiger partial charge in [0.1, 0.15) is 5.75 Å². The van der Waals surface area contributed by atoms with Crippen LogP contribution >= 0.6 is 0 Å². The number of halogens is 3. The molecular formula is C19H21F3N2O2. The second-order valence-corrected chi connectivity index (χ2v) is 6.21. The van der Waals surface area contributed by atoms with Gasteiger partial charge in [-0.15, -0.1) is 0 Å². The Labute approximate surface area is 150 Å². The molecular weight excluding hydrogens is 345 g/mol. The smallest absolute Gasteiger partial charge is 0.416 e. The molecule has 0 spiro atoms. The summed E-state index contributed by atoms with van der Waals surface area (Å²) >= 11 is 0. The summed E-state index contributed by atoms with van der Waals surface area (Å²) in [5.74, 6) is 0.758. The van der Waals surface area contributed by atoms with Crippen molar-refractivity contribution in [3.05, 3.63) is 54.1 Å². The van der Waals surface area contributed by atoms with Crippen molar-refractivity contribution in [1.29, 1.82) is 0 Å². The van der Waals surface area contributed by atoms with Crippen LogP contribution in [-0.4, -0.2) is 19.1 Å². The summed E-state index contributed by atoms with van der Waals surface area (Å²) < 4.78 is 43.6. The second-order valence-electron chi connectivity index (χ2n) is 6.21. The quantitative estimate of drug-likeness (QED) is 0.741. The lowest BCUT2D eigenvalue weighted by atomic mass is 10.2. The number of benzene rings is 2. The molecule has 0 atom stereocenters. The van der Waals surface area contributed by atoms with Crippen LogP contribution in [0.4, 0.5) is 24.5 Å². The van der Waals surface area contributed by atoms with Gasteiger partial charge in [-0.3, -0.25) is 4.79 Å². The van der Waals surface area contributed by atoms with Gasteiger partial charge in [0.05, 0.1) is 18.7 Å². The Kier molecular flexibility index (Phi) is 6.49. The Morgan fingerprint density at radius 3 is 2.38 bits per heavy atom. The zero-order valence-corrected chi connectivity index (χ0v) is 14.6. The summed E-state index contributed by atoms with van der Waals surface area (Å²) in [6, 6.07) is 11.6. The fourth-order valence-electron chi connectivity index (χ4n) is 2.09. The predicted octanol–water partition coefficient (Wildman–Crippen LogP) is 4.79. The molecule has 2 rings (SSSR count). The second kappa shape index (κ2) is 8.60. The molecule has 0 aliphatic carbocycles. The molecule has 0 aliphatic rings. The van der Waals surface area contributed by atoms with Gasteiger partial charge in [0.15, 0.2) is 0 Å². The van der Waals surface area contributed by atoms with Crippen LogP contribution in [0.2, 0.25) is 0 Å². The molecule has 140 valence electrons. The molecule has 0 radical (unpaired) electrons. The zero-order chi connectivity index (χ0) is 19.2. The highest BCUT2D eigenvalue weighted by molar-refractivity contribution is 5.93. The lowest BCUT2D eigenvalue weighted by Gasteiger charge is -2.11. The van der Waals surface area contributed by atoms with E-state index in [1.165, 1.54) is 12.1 Å². The van der Waals surface area contributed by atoms with E-state index >= 15 is 0 Å². The maximum absolute atomic E-state index is 12.7. The van der Waals surface area contributed by atoms with Crippen molar-refractivity contribution in [2.75, 3.05) is 23.8 Å². The average molecular weight is 366 g/mol. The Morgan fingerprint density at radius 1 is 1.08 bits per heavy atom. The lowest BCUT2D eigenvalue weighted by molar-refractivity contribution is -0.137. The third-order valence-electron chi connectivity index (χ3n) is 3.36. The Bertz CT molecular complexity index is 728. The van der Waals surface area contributed by atoms with Crippen molar-refractivity contribution >= 4 is 17.3 Å². The van der Waals surface area contributed by atoms with Gasteiger partial charge < -0.3 is 15.4 Å². The number of amides is 1. The normalized spacial score (nSPS) is 11.3. The van der Waals surface area contributed by atoms with E-state index in [4.69, 9.17) is 4.74 Å². The van der Waals surface area contributed by atoms with Gasteiger partial charge in [-0.25, -0.2) is 0 Å². The number of hydrogen-bond donors (Lipinski definition) is 2. The summed E-state index contributed by atoms with van der Waals surface area (Å²) in [4.78, 5) is 11.9. The molecule has 0 saturated carbocycles. The number of ether oxygens (including phenoxy) is 1. The van der Waals surface area contributed by atoms with Gasteiger partial charge in [-0.2, -0.15) is 13.2 Å². The lowest BCUT2D eigenvalue weighted by Crippen LogP contribution is -2.21. The Morgan fingerprint density at radius 2 is 1.77 bits per heavy atom. The molecule has 0 aliphatic heterocycles. The van der Waals surface area contributed by atoms with E-state index < -0.39 is 11.7 Å². The van der Waals surface area contributed by atoms with Crippen molar-refractivity contribution in [3.8, 4) is 5.75 Å². The van der Waals surface area contributed by atoms with E-state index in [9.17, 15) is 18.0 Å². The largest absolute Gasteiger partial charge is 0.493 e. The number of alkyl halides is 3. The minimum atomic E-state index is -4.42. The Balaban J connectivity index is 1.85. The molecule has 2 aromatic carbocycles. The predicted molar refractivity (Wildman–Crippen MR) is 95.3 cm³/mol. The van der Waals surface area contributed by atoms with Crippen LogP contribution in [0.25, 0.3) is 0 Å². The number of carbonyl (C=O) groups excluding carboxylic acids is 1. The van der Waals surface area contributed by atoms with Gasteiger partial charge in [-0.05, 0) is 48.4 Å². The highest BCUT2D eigenvalue weighted by Gasteiger charge is 2.30. The van der Waals surface area contributed by atoms with Crippen molar-refractivity contribution in [1.82, 2.24) is 0 Å². The molecule has 0 saturated heterocycles. The van der Waals surface area contributed by atoms with Gasteiger partial charge >= 0.3 is 6.18 Å². The third kappa shape index (κ3) is 6.31. The first-order chi connectivity index (χ1) is 12.2. The first-order valence-electron chi connectivity index (χ1n) is 8.18. The van der Waals surface area contributed by atoms with Crippen molar-refractivity contribution in [2.24, 2.45) is 5.92 Å². The molecule has 0 bridgehead atoms. The van der Waals surface area contributed by atoms with Crippen LogP contribution in [0.15, 0.2) is 48.5 Å². The van der Waals surface area contributed by atoms with E-state index in [-0.39, 0.29) is 18.1 Å². The van der Waals surface area contributed by atoms with Crippen LogP contribution in [0, 0.1) is 5.92 Å². The fraction of sp³-hybridized carbons (Fsp3) is 0.316. The number of anilines is 2. The van der Waals surface area contributed by atoms with Gasteiger partial charge in [0, 0.05) is 11.4 Å². The van der Waals surface area contributed by atoms with Gasteiger partial charge in [0.2, 0.25) is 5.91 Å². The summed E-state index contributed by atoms with van der Waals surface area (Å²) in [6.45, 7) is 4.55. The van der Waals surface area contributed by atoms with Crippen molar-refractivity contribution in [3.63, 3.8) is 0 Å². The number of nitrogens with one attached hydrogen (secondary N) is 2.